The number of carbonyl (C=O) groups excluding carboxylic acids is 2. The van der Waals surface area contributed by atoms with E-state index in [1.807, 2.05) is 0 Å². The molecule has 3 heterocycles. The first-order chi connectivity index (χ1) is 18.9. The number of nitrogens with zero attached hydrogens (tertiary/aromatic N) is 4. The number of fused-ring (bicyclic) bond motifs is 1. The normalized spacial score (nSPS) is 19.9. The minimum absolute atomic E-state index is 0.0275. The van der Waals surface area contributed by atoms with E-state index < -0.39 is 16.1 Å². The lowest BCUT2D eigenvalue weighted by atomic mass is 10.2. The lowest BCUT2D eigenvalue weighted by Crippen LogP contribution is -2.43. The smallest absolute Gasteiger partial charge is 0.296 e. The molecule has 3 aliphatic rings. The molecular formula is C25H27N5O8S. The van der Waals surface area contributed by atoms with Crippen LogP contribution in [-0.2, 0) is 14.3 Å². The first kappa shape index (κ1) is 26.7. The average Bonchev–Trinajstić information content (AvgIpc) is 3.52. The Bertz CT molecular complexity index is 1300. The van der Waals surface area contributed by atoms with Crippen LogP contribution in [0.25, 0.3) is 0 Å². The van der Waals surface area contributed by atoms with E-state index in [1.165, 1.54) is 37.1 Å². The highest BCUT2D eigenvalue weighted by atomic mass is 32.2. The number of amidine groups is 1. The Balaban J connectivity index is 1.32. The molecule has 3 aliphatic heterocycles. The molecule has 14 heteroatoms. The van der Waals surface area contributed by atoms with E-state index in [1.54, 1.807) is 23.1 Å². The summed E-state index contributed by atoms with van der Waals surface area (Å²) in [5, 5.41) is 13.8. The Morgan fingerprint density at radius 3 is 2.74 bits per heavy atom. The van der Waals surface area contributed by atoms with E-state index >= 15 is 0 Å². The zero-order valence-electron chi connectivity index (χ0n) is 21.2. The second-order valence-electron chi connectivity index (χ2n) is 8.87. The van der Waals surface area contributed by atoms with Gasteiger partial charge >= 0.3 is 0 Å². The Morgan fingerprint density at radius 1 is 1.18 bits per heavy atom. The van der Waals surface area contributed by atoms with Gasteiger partial charge in [-0.2, -0.15) is 0 Å². The van der Waals surface area contributed by atoms with E-state index in [9.17, 15) is 19.7 Å². The third-order valence-electron chi connectivity index (χ3n) is 6.39. The van der Waals surface area contributed by atoms with Crippen LogP contribution < -0.4 is 19.5 Å². The molecule has 2 aromatic rings. The highest BCUT2D eigenvalue weighted by Crippen LogP contribution is 2.38. The largest absolute Gasteiger partial charge is 0.496 e. The molecule has 2 saturated heterocycles. The van der Waals surface area contributed by atoms with Gasteiger partial charge in [0.25, 0.3) is 5.69 Å². The summed E-state index contributed by atoms with van der Waals surface area (Å²) in [5.41, 5.74) is 0.315. The second kappa shape index (κ2) is 11.9. The maximum atomic E-state index is 13.4. The standard InChI is InChI=1S/C25H27N5O8S/c1-35-17-3-4-18(19(13-17)30(33)34)27-23(31)14-22-24(32)29(7-6-28-8-10-36-11-9-28)25(39-22)26-16-2-5-20-21(12-16)38-15-37-20/h2-5,12-13,22H,6-11,14-15H2,1H3,(H,27,31). The quantitative estimate of drug-likeness (QED) is 0.361. The zero-order chi connectivity index (χ0) is 27.4. The van der Waals surface area contributed by atoms with Crippen LogP contribution in [0.3, 0.4) is 0 Å². The third kappa shape index (κ3) is 6.24. The maximum Gasteiger partial charge on any atom is 0.296 e. The van der Waals surface area contributed by atoms with Crippen molar-refractivity contribution < 1.29 is 33.5 Å². The number of nitrogens with one attached hydrogen (secondary N) is 1. The van der Waals surface area contributed by atoms with Gasteiger partial charge in [0.15, 0.2) is 16.7 Å². The lowest BCUT2D eigenvalue weighted by Gasteiger charge is -2.28. The van der Waals surface area contributed by atoms with Crippen LogP contribution in [0.5, 0.6) is 17.2 Å². The molecule has 0 saturated carbocycles. The molecular weight excluding hydrogens is 530 g/mol. The van der Waals surface area contributed by atoms with Crippen LogP contribution >= 0.6 is 11.8 Å². The molecule has 5 rings (SSSR count). The number of thioether (sulfide) groups is 1. The highest BCUT2D eigenvalue weighted by molar-refractivity contribution is 8.15. The van der Waals surface area contributed by atoms with Crippen LogP contribution in [0.2, 0.25) is 0 Å². The first-order valence-electron chi connectivity index (χ1n) is 12.3. The molecule has 2 amide bonds. The summed E-state index contributed by atoms with van der Waals surface area (Å²) < 4.78 is 21.3. The summed E-state index contributed by atoms with van der Waals surface area (Å²) in [6, 6.07) is 9.42. The fourth-order valence-electron chi connectivity index (χ4n) is 4.33. The van der Waals surface area contributed by atoms with Gasteiger partial charge in [-0.15, -0.1) is 0 Å². The Hall–Kier alpha value is -3.88. The number of morpholine rings is 1. The molecule has 39 heavy (non-hydrogen) atoms. The number of nitro groups is 1. The van der Waals surface area contributed by atoms with Gasteiger partial charge in [0.1, 0.15) is 16.7 Å². The Labute approximate surface area is 228 Å². The average molecular weight is 558 g/mol. The number of anilines is 1. The summed E-state index contributed by atoms with van der Waals surface area (Å²) in [6.07, 6.45) is -0.180. The van der Waals surface area contributed by atoms with Crippen LogP contribution in [-0.4, -0.2) is 90.3 Å². The maximum absolute atomic E-state index is 13.4. The fraction of sp³-hybridized carbons (Fsp3) is 0.400. The molecule has 0 spiro atoms. The van der Waals surface area contributed by atoms with E-state index in [-0.39, 0.29) is 30.5 Å². The first-order valence-corrected chi connectivity index (χ1v) is 13.2. The van der Waals surface area contributed by atoms with Crippen molar-refractivity contribution in [3.63, 3.8) is 0 Å². The van der Waals surface area contributed by atoms with Gasteiger partial charge in [-0.25, -0.2) is 4.99 Å². The molecule has 1 unspecified atom stereocenters. The lowest BCUT2D eigenvalue weighted by molar-refractivity contribution is -0.384. The molecule has 2 fully saturated rings. The number of methoxy groups -OCH3 is 1. The van der Waals surface area contributed by atoms with Crippen molar-refractivity contribution in [3.8, 4) is 17.2 Å². The second-order valence-corrected chi connectivity index (χ2v) is 10.0. The number of benzene rings is 2. The van der Waals surface area contributed by atoms with E-state index in [4.69, 9.17) is 23.9 Å². The summed E-state index contributed by atoms with van der Waals surface area (Å²) >= 11 is 1.19. The van der Waals surface area contributed by atoms with Crippen LogP contribution in [0.1, 0.15) is 6.42 Å². The predicted molar refractivity (Wildman–Crippen MR) is 143 cm³/mol. The van der Waals surface area contributed by atoms with Gasteiger partial charge in [-0.05, 0) is 24.3 Å². The summed E-state index contributed by atoms with van der Waals surface area (Å²) in [6.45, 7) is 4.00. The van der Waals surface area contributed by atoms with Gasteiger partial charge in [-0.3, -0.25) is 29.5 Å². The van der Waals surface area contributed by atoms with Crippen LogP contribution in [0, 0.1) is 10.1 Å². The minimum Gasteiger partial charge on any atom is -0.496 e. The number of carbonyl (C=O) groups is 2. The Morgan fingerprint density at radius 2 is 1.97 bits per heavy atom. The molecule has 1 N–H and O–H groups in total. The molecule has 0 radical (unpaired) electrons. The molecule has 206 valence electrons. The summed E-state index contributed by atoms with van der Waals surface area (Å²) in [5.74, 6) is 0.726. The van der Waals surface area contributed by atoms with Crippen molar-refractivity contribution in [1.82, 2.24) is 9.80 Å². The monoisotopic (exact) mass is 557 g/mol. The third-order valence-corrected chi connectivity index (χ3v) is 7.57. The number of aliphatic imine (C=N–C) groups is 1. The van der Waals surface area contributed by atoms with Crippen LogP contribution in [0.4, 0.5) is 17.1 Å². The number of rotatable bonds is 9. The summed E-state index contributed by atoms with van der Waals surface area (Å²) in [7, 11) is 1.40. The molecule has 2 aromatic carbocycles. The molecule has 1 atom stereocenters. The van der Waals surface area contributed by atoms with E-state index in [0.717, 1.165) is 13.1 Å². The van der Waals surface area contributed by atoms with Crippen molar-refractivity contribution in [2.24, 2.45) is 4.99 Å². The number of hydrogen-bond donors (Lipinski definition) is 1. The van der Waals surface area contributed by atoms with Gasteiger partial charge in [-0.1, -0.05) is 11.8 Å². The number of amides is 2. The Kier molecular flexibility index (Phi) is 8.14. The SMILES string of the molecule is COc1ccc(NC(=O)CC2SC(=Nc3ccc4c(c3)OCO4)N(CCN3CCOCC3)C2=O)c([N+](=O)[O-])c1. The zero-order valence-corrected chi connectivity index (χ0v) is 22.0. The van der Waals surface area contributed by atoms with E-state index in [2.05, 4.69) is 10.2 Å². The van der Waals surface area contributed by atoms with Gasteiger partial charge in [0.2, 0.25) is 18.6 Å². The van der Waals surface area contributed by atoms with Crippen molar-refractivity contribution in [2.45, 2.75) is 11.7 Å². The van der Waals surface area contributed by atoms with Crippen LogP contribution in [0.15, 0.2) is 41.4 Å². The fourth-order valence-corrected chi connectivity index (χ4v) is 5.51. The minimum atomic E-state index is -0.736. The van der Waals surface area contributed by atoms with Gasteiger partial charge in [0, 0.05) is 38.7 Å². The molecule has 0 bridgehead atoms. The molecule has 13 nitrogen and oxygen atoms in total. The van der Waals surface area contributed by atoms with Gasteiger partial charge < -0.3 is 24.3 Å². The van der Waals surface area contributed by atoms with E-state index in [0.29, 0.717) is 54.4 Å². The number of hydrogen-bond acceptors (Lipinski definition) is 11. The highest BCUT2D eigenvalue weighted by Gasteiger charge is 2.39. The van der Waals surface area contributed by atoms with Crippen molar-refractivity contribution >= 4 is 45.8 Å². The van der Waals surface area contributed by atoms with Crippen molar-refractivity contribution in [1.29, 1.82) is 0 Å². The number of ether oxygens (including phenoxy) is 4. The molecule has 0 aromatic heterocycles. The topological polar surface area (TPSA) is 145 Å². The molecule has 0 aliphatic carbocycles. The number of nitro benzene ring substituents is 1. The van der Waals surface area contributed by atoms with Crippen molar-refractivity contribution in [3.05, 3.63) is 46.5 Å². The predicted octanol–water partition coefficient (Wildman–Crippen LogP) is 2.62. The van der Waals surface area contributed by atoms with Crippen molar-refractivity contribution in [2.75, 3.05) is 58.6 Å². The van der Waals surface area contributed by atoms with Gasteiger partial charge in [0.05, 0.1) is 37.0 Å². The summed E-state index contributed by atoms with van der Waals surface area (Å²) in [4.78, 5) is 45.7.